The van der Waals surface area contributed by atoms with Gasteiger partial charge in [0.1, 0.15) is 0 Å². The number of nitrogen functional groups attached to an aromatic ring is 1. The molecule has 1 saturated heterocycles. The van der Waals surface area contributed by atoms with Gasteiger partial charge in [-0.25, -0.2) is 0 Å². The van der Waals surface area contributed by atoms with Gasteiger partial charge >= 0.3 is 0 Å². The molecule has 5 heteroatoms. The van der Waals surface area contributed by atoms with Crippen molar-refractivity contribution in [3.05, 3.63) is 28.3 Å². The molecule has 0 amide bonds. The fraction of sp³-hybridized carbons (Fsp3) is 0.625. The lowest BCUT2D eigenvalue weighted by Crippen LogP contribution is -2.26. The fourth-order valence-electron chi connectivity index (χ4n) is 3.15. The van der Waals surface area contributed by atoms with Crippen molar-refractivity contribution in [1.82, 2.24) is 0 Å². The van der Waals surface area contributed by atoms with Gasteiger partial charge in [0.15, 0.2) is 0 Å². The molecule has 0 bridgehead atoms. The van der Waals surface area contributed by atoms with Gasteiger partial charge in [0.05, 0.1) is 16.3 Å². The first-order valence-electron chi connectivity index (χ1n) is 7.58. The van der Waals surface area contributed by atoms with E-state index in [0.29, 0.717) is 17.0 Å². The number of benzene rings is 1. The molecule has 1 unspecified atom stereocenters. The van der Waals surface area contributed by atoms with Gasteiger partial charge in [-0.1, -0.05) is 20.8 Å². The van der Waals surface area contributed by atoms with Crippen LogP contribution in [0.1, 0.15) is 40.0 Å². The molecule has 0 aliphatic carbocycles. The zero-order valence-corrected chi connectivity index (χ0v) is 13.1. The van der Waals surface area contributed by atoms with Crippen LogP contribution >= 0.6 is 0 Å². The Morgan fingerprint density at radius 3 is 2.57 bits per heavy atom. The molecular formula is C16H25N3O2. The standard InChI is InChI=1S/C16H25N3O2/c1-16(2,3)12-5-4-9-18(10-8-12)15-7-6-13(19(20)21)11-14(15)17/h6-7,11-12H,4-5,8-10,17H2,1-3H3. The second-order valence-corrected chi connectivity index (χ2v) is 6.98. The van der Waals surface area contributed by atoms with E-state index in [9.17, 15) is 10.1 Å². The van der Waals surface area contributed by atoms with Gasteiger partial charge in [-0.3, -0.25) is 10.1 Å². The van der Waals surface area contributed by atoms with Crippen LogP contribution in [0.2, 0.25) is 0 Å². The molecule has 1 aliphatic rings. The zero-order chi connectivity index (χ0) is 15.6. The minimum Gasteiger partial charge on any atom is -0.397 e. The number of nitro groups is 1. The summed E-state index contributed by atoms with van der Waals surface area (Å²) in [4.78, 5) is 12.6. The van der Waals surface area contributed by atoms with E-state index in [1.807, 2.05) is 0 Å². The van der Waals surface area contributed by atoms with Crippen molar-refractivity contribution in [2.75, 3.05) is 23.7 Å². The quantitative estimate of drug-likeness (QED) is 0.510. The highest BCUT2D eigenvalue weighted by Crippen LogP contribution is 2.36. The average Bonchev–Trinajstić information content (AvgIpc) is 2.63. The lowest BCUT2D eigenvalue weighted by molar-refractivity contribution is -0.384. The second kappa shape index (κ2) is 5.92. The molecule has 1 aromatic rings. The summed E-state index contributed by atoms with van der Waals surface area (Å²) in [7, 11) is 0. The predicted octanol–water partition coefficient (Wildman–Crippen LogP) is 3.83. The third-order valence-corrected chi connectivity index (χ3v) is 4.52. The van der Waals surface area contributed by atoms with Gasteiger partial charge in [-0.2, -0.15) is 0 Å². The molecule has 0 saturated carbocycles. The van der Waals surface area contributed by atoms with Crippen LogP contribution in [0.15, 0.2) is 18.2 Å². The number of hydrogen-bond acceptors (Lipinski definition) is 4. The van der Waals surface area contributed by atoms with Gasteiger partial charge in [-0.15, -0.1) is 0 Å². The van der Waals surface area contributed by atoms with Crippen LogP contribution < -0.4 is 10.6 Å². The van der Waals surface area contributed by atoms with Gasteiger partial charge in [0.25, 0.3) is 5.69 Å². The molecule has 0 aromatic heterocycles. The first-order chi connectivity index (χ1) is 9.79. The lowest BCUT2D eigenvalue weighted by atomic mass is 9.77. The summed E-state index contributed by atoms with van der Waals surface area (Å²) < 4.78 is 0. The lowest BCUT2D eigenvalue weighted by Gasteiger charge is -2.30. The van der Waals surface area contributed by atoms with Crippen LogP contribution in [-0.2, 0) is 0 Å². The molecular weight excluding hydrogens is 266 g/mol. The molecule has 2 N–H and O–H groups in total. The Morgan fingerprint density at radius 1 is 1.29 bits per heavy atom. The van der Waals surface area contributed by atoms with Crippen LogP contribution in [0.3, 0.4) is 0 Å². The van der Waals surface area contributed by atoms with Crippen molar-refractivity contribution >= 4 is 17.1 Å². The van der Waals surface area contributed by atoms with E-state index < -0.39 is 4.92 Å². The van der Waals surface area contributed by atoms with Gasteiger partial charge in [0, 0.05) is 25.2 Å². The zero-order valence-electron chi connectivity index (χ0n) is 13.1. The maximum atomic E-state index is 10.8. The van der Waals surface area contributed by atoms with Gasteiger partial charge < -0.3 is 10.6 Å². The van der Waals surface area contributed by atoms with E-state index in [2.05, 4.69) is 25.7 Å². The maximum Gasteiger partial charge on any atom is 0.271 e. The number of nitro benzene ring substituents is 1. The van der Waals surface area contributed by atoms with E-state index in [1.54, 1.807) is 6.07 Å². The van der Waals surface area contributed by atoms with Crippen LogP contribution in [0, 0.1) is 21.4 Å². The van der Waals surface area contributed by atoms with Crippen LogP contribution in [0.4, 0.5) is 17.1 Å². The molecule has 1 heterocycles. The van der Waals surface area contributed by atoms with E-state index in [4.69, 9.17) is 5.73 Å². The molecule has 116 valence electrons. The molecule has 2 rings (SSSR count). The second-order valence-electron chi connectivity index (χ2n) is 6.98. The molecule has 5 nitrogen and oxygen atoms in total. The third-order valence-electron chi connectivity index (χ3n) is 4.52. The van der Waals surface area contributed by atoms with Crippen LogP contribution in [0.5, 0.6) is 0 Å². The van der Waals surface area contributed by atoms with Gasteiger partial charge in [-0.05, 0) is 36.7 Å². The van der Waals surface area contributed by atoms with Crippen molar-refractivity contribution in [3.63, 3.8) is 0 Å². The Hall–Kier alpha value is -1.78. The summed E-state index contributed by atoms with van der Waals surface area (Å²) in [5.41, 5.74) is 7.82. The monoisotopic (exact) mass is 291 g/mol. The third kappa shape index (κ3) is 3.65. The fourth-order valence-corrected chi connectivity index (χ4v) is 3.15. The molecule has 21 heavy (non-hydrogen) atoms. The number of anilines is 2. The minimum absolute atomic E-state index is 0.0543. The SMILES string of the molecule is CC(C)(C)C1CCCN(c2ccc([N+](=O)[O-])cc2N)CC1. The summed E-state index contributed by atoms with van der Waals surface area (Å²) >= 11 is 0. The molecule has 1 fully saturated rings. The molecule has 0 radical (unpaired) electrons. The first kappa shape index (κ1) is 15.6. The smallest absolute Gasteiger partial charge is 0.271 e. The summed E-state index contributed by atoms with van der Waals surface area (Å²) in [6.07, 6.45) is 3.51. The van der Waals surface area contributed by atoms with Crippen molar-refractivity contribution in [2.45, 2.75) is 40.0 Å². The summed E-state index contributed by atoms with van der Waals surface area (Å²) in [6.45, 7) is 8.83. The molecule has 1 atom stereocenters. The molecule has 1 aromatic carbocycles. The van der Waals surface area contributed by atoms with Crippen LogP contribution in [-0.4, -0.2) is 18.0 Å². The van der Waals surface area contributed by atoms with E-state index >= 15 is 0 Å². The number of hydrogen-bond donors (Lipinski definition) is 1. The number of non-ortho nitro benzene ring substituents is 1. The van der Waals surface area contributed by atoms with E-state index in [0.717, 1.165) is 31.6 Å². The van der Waals surface area contributed by atoms with Crippen molar-refractivity contribution < 1.29 is 4.92 Å². The average molecular weight is 291 g/mol. The predicted molar refractivity (Wildman–Crippen MR) is 86.5 cm³/mol. The van der Waals surface area contributed by atoms with E-state index in [1.165, 1.54) is 18.6 Å². The van der Waals surface area contributed by atoms with Crippen molar-refractivity contribution in [3.8, 4) is 0 Å². The van der Waals surface area contributed by atoms with Gasteiger partial charge in [0.2, 0.25) is 0 Å². The Bertz CT molecular complexity index is 523. The number of rotatable bonds is 2. The summed E-state index contributed by atoms with van der Waals surface area (Å²) in [6, 6.07) is 4.78. The number of nitrogens with two attached hydrogens (primary N) is 1. The molecule has 0 spiro atoms. The molecule has 1 aliphatic heterocycles. The topological polar surface area (TPSA) is 72.4 Å². The van der Waals surface area contributed by atoms with Crippen LogP contribution in [0.25, 0.3) is 0 Å². The Kier molecular flexibility index (Phi) is 4.40. The largest absolute Gasteiger partial charge is 0.397 e. The maximum absolute atomic E-state index is 10.8. The van der Waals surface area contributed by atoms with E-state index in [-0.39, 0.29) is 5.69 Å². The summed E-state index contributed by atoms with van der Waals surface area (Å²) in [5, 5.41) is 10.8. The Labute approximate surface area is 126 Å². The van der Waals surface area contributed by atoms with Crippen molar-refractivity contribution in [2.24, 2.45) is 11.3 Å². The highest BCUT2D eigenvalue weighted by molar-refractivity contribution is 5.70. The normalized spacial score (nSPS) is 20.1. The highest BCUT2D eigenvalue weighted by atomic mass is 16.6. The summed E-state index contributed by atoms with van der Waals surface area (Å²) in [5.74, 6) is 0.710. The Balaban J connectivity index is 2.14. The first-order valence-corrected chi connectivity index (χ1v) is 7.58. The minimum atomic E-state index is -0.405. The van der Waals surface area contributed by atoms with Crippen molar-refractivity contribution in [1.29, 1.82) is 0 Å². The highest BCUT2D eigenvalue weighted by Gasteiger charge is 2.27. The number of nitrogens with zero attached hydrogens (tertiary/aromatic N) is 2. The Morgan fingerprint density at radius 2 is 2.00 bits per heavy atom.